The van der Waals surface area contributed by atoms with E-state index in [-0.39, 0.29) is 5.91 Å². The van der Waals surface area contributed by atoms with Gasteiger partial charge < -0.3 is 10.0 Å². The summed E-state index contributed by atoms with van der Waals surface area (Å²) in [5, 5.41) is 9.89. The Balaban J connectivity index is 2.24. The van der Waals surface area contributed by atoms with Crippen LogP contribution >= 0.6 is 0 Å². The van der Waals surface area contributed by atoms with E-state index in [1.54, 1.807) is 11.8 Å². The SMILES string of the molecule is Cc1cccc(C(=O)N2CCC(C)(O)C2)c1C. The summed E-state index contributed by atoms with van der Waals surface area (Å²) in [6.45, 7) is 6.82. The molecule has 0 aromatic heterocycles. The molecule has 1 saturated heterocycles. The van der Waals surface area contributed by atoms with Gasteiger partial charge in [-0.05, 0) is 44.4 Å². The molecular weight excluding hydrogens is 214 g/mol. The van der Waals surface area contributed by atoms with Gasteiger partial charge in [0.2, 0.25) is 0 Å². The zero-order chi connectivity index (χ0) is 12.6. The van der Waals surface area contributed by atoms with Gasteiger partial charge in [-0.3, -0.25) is 4.79 Å². The summed E-state index contributed by atoms with van der Waals surface area (Å²) in [5.41, 5.74) is 2.18. The van der Waals surface area contributed by atoms with Crippen molar-refractivity contribution in [3.8, 4) is 0 Å². The highest BCUT2D eigenvalue weighted by Crippen LogP contribution is 2.23. The Bertz CT molecular complexity index is 452. The average molecular weight is 233 g/mol. The lowest BCUT2D eigenvalue weighted by molar-refractivity contribution is 0.0571. The Morgan fingerprint density at radius 2 is 2.12 bits per heavy atom. The number of aryl methyl sites for hydroxylation is 1. The molecule has 0 bridgehead atoms. The van der Waals surface area contributed by atoms with E-state index < -0.39 is 5.60 Å². The Morgan fingerprint density at radius 3 is 2.71 bits per heavy atom. The van der Waals surface area contributed by atoms with Crippen LogP contribution in [0.15, 0.2) is 18.2 Å². The molecule has 1 atom stereocenters. The number of β-amino-alcohol motifs (C(OH)–C–C–N with tert-alkyl or cyclic N) is 1. The fourth-order valence-electron chi connectivity index (χ4n) is 2.27. The summed E-state index contributed by atoms with van der Waals surface area (Å²) in [6, 6.07) is 5.77. The van der Waals surface area contributed by atoms with Gasteiger partial charge in [0.15, 0.2) is 0 Å². The van der Waals surface area contributed by atoms with Gasteiger partial charge in [0, 0.05) is 18.7 Å². The minimum atomic E-state index is -0.729. The molecule has 1 heterocycles. The first-order valence-corrected chi connectivity index (χ1v) is 5.98. The average Bonchev–Trinajstić information content (AvgIpc) is 2.62. The number of nitrogens with zero attached hydrogens (tertiary/aromatic N) is 1. The van der Waals surface area contributed by atoms with Crippen LogP contribution in [0, 0.1) is 13.8 Å². The van der Waals surface area contributed by atoms with Crippen LogP contribution in [0.1, 0.15) is 34.8 Å². The molecular formula is C14H19NO2. The van der Waals surface area contributed by atoms with Crippen molar-refractivity contribution in [2.45, 2.75) is 32.8 Å². The number of carbonyl (C=O) groups is 1. The Kier molecular flexibility index (Phi) is 2.96. The zero-order valence-corrected chi connectivity index (χ0v) is 10.7. The lowest BCUT2D eigenvalue weighted by Gasteiger charge is -2.20. The number of amides is 1. The van der Waals surface area contributed by atoms with E-state index in [0.29, 0.717) is 19.5 Å². The molecule has 1 aliphatic heterocycles. The summed E-state index contributed by atoms with van der Waals surface area (Å²) < 4.78 is 0. The van der Waals surface area contributed by atoms with Crippen LogP contribution in [-0.2, 0) is 0 Å². The number of likely N-dealkylation sites (tertiary alicyclic amines) is 1. The van der Waals surface area contributed by atoms with Gasteiger partial charge in [0.1, 0.15) is 0 Å². The fraction of sp³-hybridized carbons (Fsp3) is 0.500. The molecule has 3 nitrogen and oxygen atoms in total. The first-order valence-electron chi connectivity index (χ1n) is 5.98. The third-order valence-corrected chi connectivity index (χ3v) is 3.57. The van der Waals surface area contributed by atoms with Gasteiger partial charge in [-0.15, -0.1) is 0 Å². The van der Waals surface area contributed by atoms with Crippen molar-refractivity contribution in [2.75, 3.05) is 13.1 Å². The van der Waals surface area contributed by atoms with Crippen molar-refractivity contribution in [3.63, 3.8) is 0 Å². The highest BCUT2D eigenvalue weighted by molar-refractivity contribution is 5.96. The second-order valence-electron chi connectivity index (χ2n) is 5.22. The third kappa shape index (κ3) is 2.34. The molecule has 1 amide bonds. The zero-order valence-electron chi connectivity index (χ0n) is 10.7. The topological polar surface area (TPSA) is 40.5 Å². The van der Waals surface area contributed by atoms with Crippen molar-refractivity contribution in [1.29, 1.82) is 0 Å². The molecule has 1 aromatic carbocycles. The molecule has 92 valence electrons. The number of rotatable bonds is 1. The van der Waals surface area contributed by atoms with Crippen LogP contribution in [0.3, 0.4) is 0 Å². The van der Waals surface area contributed by atoms with E-state index in [1.807, 2.05) is 32.0 Å². The van der Waals surface area contributed by atoms with E-state index in [4.69, 9.17) is 0 Å². The molecule has 0 radical (unpaired) electrons. The minimum absolute atomic E-state index is 0.0315. The minimum Gasteiger partial charge on any atom is -0.388 e. The summed E-state index contributed by atoms with van der Waals surface area (Å²) in [7, 11) is 0. The van der Waals surface area contributed by atoms with E-state index in [1.165, 1.54) is 0 Å². The normalized spacial score (nSPS) is 24.1. The van der Waals surface area contributed by atoms with Gasteiger partial charge in [-0.1, -0.05) is 12.1 Å². The second kappa shape index (κ2) is 4.15. The molecule has 0 saturated carbocycles. The quantitative estimate of drug-likeness (QED) is 0.804. The largest absolute Gasteiger partial charge is 0.388 e. The van der Waals surface area contributed by atoms with Crippen LogP contribution in [0.5, 0.6) is 0 Å². The number of aliphatic hydroxyl groups is 1. The molecule has 1 N–H and O–H groups in total. The van der Waals surface area contributed by atoms with Crippen LogP contribution in [0.25, 0.3) is 0 Å². The van der Waals surface area contributed by atoms with E-state index >= 15 is 0 Å². The lowest BCUT2D eigenvalue weighted by atomic mass is 10.0. The lowest BCUT2D eigenvalue weighted by Crippen LogP contribution is -2.34. The fourth-order valence-corrected chi connectivity index (χ4v) is 2.27. The number of hydrogen-bond donors (Lipinski definition) is 1. The van der Waals surface area contributed by atoms with Crippen LogP contribution in [0.2, 0.25) is 0 Å². The Labute approximate surface area is 102 Å². The molecule has 2 rings (SSSR count). The molecule has 1 unspecified atom stereocenters. The van der Waals surface area contributed by atoms with Gasteiger partial charge >= 0.3 is 0 Å². The maximum Gasteiger partial charge on any atom is 0.254 e. The van der Waals surface area contributed by atoms with Crippen LogP contribution < -0.4 is 0 Å². The van der Waals surface area contributed by atoms with E-state index in [0.717, 1.165) is 16.7 Å². The maximum atomic E-state index is 12.3. The molecule has 0 spiro atoms. The predicted molar refractivity (Wildman–Crippen MR) is 67.1 cm³/mol. The van der Waals surface area contributed by atoms with Crippen molar-refractivity contribution in [3.05, 3.63) is 34.9 Å². The molecule has 1 aromatic rings. The monoisotopic (exact) mass is 233 g/mol. The molecule has 1 aliphatic rings. The molecule has 17 heavy (non-hydrogen) atoms. The van der Waals surface area contributed by atoms with Crippen LogP contribution in [-0.4, -0.2) is 34.6 Å². The third-order valence-electron chi connectivity index (χ3n) is 3.57. The van der Waals surface area contributed by atoms with Crippen molar-refractivity contribution >= 4 is 5.91 Å². The van der Waals surface area contributed by atoms with Crippen molar-refractivity contribution in [1.82, 2.24) is 4.90 Å². The highest BCUT2D eigenvalue weighted by Gasteiger charge is 2.34. The number of carbonyl (C=O) groups excluding carboxylic acids is 1. The number of benzene rings is 1. The molecule has 0 aliphatic carbocycles. The van der Waals surface area contributed by atoms with E-state index in [2.05, 4.69) is 0 Å². The Morgan fingerprint density at radius 1 is 1.41 bits per heavy atom. The van der Waals surface area contributed by atoms with Crippen molar-refractivity contribution in [2.24, 2.45) is 0 Å². The number of hydrogen-bond acceptors (Lipinski definition) is 2. The van der Waals surface area contributed by atoms with Gasteiger partial charge in [0.05, 0.1) is 5.60 Å². The first-order chi connectivity index (χ1) is 7.91. The van der Waals surface area contributed by atoms with Gasteiger partial charge in [0.25, 0.3) is 5.91 Å². The summed E-state index contributed by atoms with van der Waals surface area (Å²) in [5.74, 6) is 0.0315. The van der Waals surface area contributed by atoms with Gasteiger partial charge in [-0.25, -0.2) is 0 Å². The maximum absolute atomic E-state index is 12.3. The Hall–Kier alpha value is -1.35. The molecule has 3 heteroatoms. The second-order valence-corrected chi connectivity index (χ2v) is 5.22. The summed E-state index contributed by atoms with van der Waals surface area (Å²) >= 11 is 0. The van der Waals surface area contributed by atoms with Crippen molar-refractivity contribution < 1.29 is 9.90 Å². The van der Waals surface area contributed by atoms with Crippen LogP contribution in [0.4, 0.5) is 0 Å². The molecule has 1 fully saturated rings. The first kappa shape index (κ1) is 12.1. The standard InChI is InChI=1S/C14H19NO2/c1-10-5-4-6-12(11(10)2)13(16)15-8-7-14(3,17)9-15/h4-6,17H,7-9H2,1-3H3. The van der Waals surface area contributed by atoms with E-state index in [9.17, 15) is 9.90 Å². The summed E-state index contributed by atoms with van der Waals surface area (Å²) in [6.07, 6.45) is 0.656. The van der Waals surface area contributed by atoms with Gasteiger partial charge in [-0.2, -0.15) is 0 Å². The predicted octanol–water partition coefficient (Wildman–Crippen LogP) is 1.90. The smallest absolute Gasteiger partial charge is 0.254 e. The summed E-state index contributed by atoms with van der Waals surface area (Å²) in [4.78, 5) is 14.1. The highest BCUT2D eigenvalue weighted by atomic mass is 16.3.